The lowest BCUT2D eigenvalue weighted by molar-refractivity contribution is -0.130. The second kappa shape index (κ2) is 5.92. The third-order valence-electron chi connectivity index (χ3n) is 2.97. The fourth-order valence-electron chi connectivity index (χ4n) is 1.99. The van der Waals surface area contributed by atoms with Crippen LogP contribution in [-0.2, 0) is 4.79 Å². The van der Waals surface area contributed by atoms with Gasteiger partial charge in [-0.25, -0.2) is 9.99 Å². The molecule has 2 aromatic rings. The van der Waals surface area contributed by atoms with Gasteiger partial charge >= 0.3 is 0 Å². The van der Waals surface area contributed by atoms with Crippen molar-refractivity contribution in [3.63, 3.8) is 0 Å². The maximum absolute atomic E-state index is 12.1. The molecule has 0 bridgehead atoms. The molecule has 6 nitrogen and oxygen atoms in total. The second-order valence-electron chi connectivity index (χ2n) is 4.37. The predicted molar refractivity (Wildman–Crippen MR) is 78.0 cm³/mol. The Morgan fingerprint density at radius 2 is 2.10 bits per heavy atom. The molecule has 106 valence electrons. The van der Waals surface area contributed by atoms with E-state index in [4.69, 9.17) is 0 Å². The van der Waals surface area contributed by atoms with Gasteiger partial charge in [-0.1, -0.05) is 30.3 Å². The zero-order valence-electron chi connectivity index (χ0n) is 11.0. The number of rotatable bonds is 3. The minimum atomic E-state index is -0.445. The van der Waals surface area contributed by atoms with E-state index in [2.05, 4.69) is 15.4 Å². The molecule has 2 heterocycles. The molecule has 0 spiro atoms. The molecule has 7 heteroatoms. The molecule has 1 atom stereocenters. The highest BCUT2D eigenvalue weighted by atomic mass is 32.2. The average molecular weight is 300 g/mol. The van der Waals surface area contributed by atoms with Crippen LogP contribution in [0, 0.1) is 0 Å². The molecule has 1 saturated heterocycles. The van der Waals surface area contributed by atoms with Gasteiger partial charge in [-0.15, -0.1) is 11.8 Å². The summed E-state index contributed by atoms with van der Waals surface area (Å²) < 4.78 is 0. The van der Waals surface area contributed by atoms with Gasteiger partial charge in [-0.3, -0.25) is 20.0 Å². The highest BCUT2D eigenvalue weighted by molar-refractivity contribution is 8.00. The van der Waals surface area contributed by atoms with Crippen LogP contribution in [0.15, 0.2) is 48.9 Å². The van der Waals surface area contributed by atoms with Gasteiger partial charge in [-0.05, 0) is 5.56 Å². The van der Waals surface area contributed by atoms with Gasteiger partial charge in [0.1, 0.15) is 11.1 Å². The van der Waals surface area contributed by atoms with Crippen LogP contribution >= 0.6 is 11.8 Å². The maximum atomic E-state index is 12.1. The highest BCUT2D eigenvalue weighted by Gasteiger charge is 2.34. The van der Waals surface area contributed by atoms with E-state index < -0.39 is 5.91 Å². The molecule has 1 unspecified atom stereocenters. The highest BCUT2D eigenvalue weighted by Crippen LogP contribution is 2.36. The van der Waals surface area contributed by atoms with Crippen LogP contribution in [0.4, 0.5) is 0 Å². The van der Waals surface area contributed by atoms with Crippen LogP contribution in [0.2, 0.25) is 0 Å². The van der Waals surface area contributed by atoms with Gasteiger partial charge in [-0.2, -0.15) is 0 Å². The Hall–Kier alpha value is -2.41. The average Bonchev–Trinajstić information content (AvgIpc) is 2.90. The molecule has 1 aromatic heterocycles. The van der Waals surface area contributed by atoms with Crippen molar-refractivity contribution in [3.05, 3.63) is 60.2 Å². The van der Waals surface area contributed by atoms with Crippen LogP contribution in [-0.4, -0.2) is 32.5 Å². The Labute approximate surface area is 125 Å². The Morgan fingerprint density at radius 3 is 2.81 bits per heavy atom. The Kier molecular flexibility index (Phi) is 3.83. The van der Waals surface area contributed by atoms with E-state index in [1.54, 1.807) is 0 Å². The second-order valence-corrected chi connectivity index (χ2v) is 5.44. The first-order valence-corrected chi connectivity index (χ1v) is 7.36. The molecule has 2 amide bonds. The van der Waals surface area contributed by atoms with Crippen molar-refractivity contribution in [3.8, 4) is 0 Å². The number of hydrogen-bond donors (Lipinski definition) is 1. The topological polar surface area (TPSA) is 75.2 Å². The third-order valence-corrected chi connectivity index (χ3v) is 4.18. The zero-order chi connectivity index (χ0) is 14.7. The summed E-state index contributed by atoms with van der Waals surface area (Å²) in [6.07, 6.45) is 4.28. The van der Waals surface area contributed by atoms with Crippen molar-refractivity contribution in [1.29, 1.82) is 0 Å². The lowest BCUT2D eigenvalue weighted by atomic mass is 10.2. The lowest BCUT2D eigenvalue weighted by Crippen LogP contribution is -2.44. The molecule has 0 saturated carbocycles. The molecule has 1 aliphatic rings. The summed E-state index contributed by atoms with van der Waals surface area (Å²) in [7, 11) is 0. The van der Waals surface area contributed by atoms with Gasteiger partial charge in [0, 0.05) is 12.4 Å². The number of amides is 2. The number of carbonyl (C=O) groups is 2. The quantitative estimate of drug-likeness (QED) is 0.927. The maximum Gasteiger partial charge on any atom is 0.290 e. The van der Waals surface area contributed by atoms with Crippen molar-refractivity contribution < 1.29 is 9.59 Å². The minimum Gasteiger partial charge on any atom is -0.272 e. The van der Waals surface area contributed by atoms with E-state index in [0.29, 0.717) is 5.75 Å². The largest absolute Gasteiger partial charge is 0.290 e. The third kappa shape index (κ3) is 2.87. The summed E-state index contributed by atoms with van der Waals surface area (Å²) in [5, 5.41) is 1.14. The standard InChI is InChI=1S/C14H12N4O2S/c19-12-9-21-14(10-4-2-1-3-5-10)18(12)17-13(20)11-8-15-6-7-16-11/h1-8,14H,9H2,(H,17,20). The number of thioether (sulfide) groups is 1. The Bertz CT molecular complexity index is 651. The monoisotopic (exact) mass is 300 g/mol. The Balaban J connectivity index is 1.79. The van der Waals surface area contributed by atoms with Crippen molar-refractivity contribution in [2.45, 2.75) is 5.37 Å². The summed E-state index contributed by atoms with van der Waals surface area (Å²) in [5.74, 6) is -0.244. The van der Waals surface area contributed by atoms with Crippen molar-refractivity contribution in [2.24, 2.45) is 0 Å². The van der Waals surface area contributed by atoms with Crippen LogP contribution < -0.4 is 5.43 Å². The summed E-state index contributed by atoms with van der Waals surface area (Å²) in [4.78, 5) is 31.9. The van der Waals surface area contributed by atoms with Crippen molar-refractivity contribution in [2.75, 3.05) is 5.75 Å². The summed E-state index contributed by atoms with van der Waals surface area (Å²) >= 11 is 1.47. The van der Waals surface area contributed by atoms with Crippen LogP contribution in [0.1, 0.15) is 21.4 Å². The molecular formula is C14H12N4O2S. The molecule has 3 rings (SSSR count). The van der Waals surface area contributed by atoms with E-state index in [-0.39, 0.29) is 17.0 Å². The SMILES string of the molecule is O=C(NN1C(=O)CSC1c1ccccc1)c1cnccn1. The molecule has 21 heavy (non-hydrogen) atoms. The fourth-order valence-corrected chi connectivity index (χ4v) is 3.10. The van der Waals surface area contributed by atoms with Gasteiger partial charge in [0.25, 0.3) is 11.8 Å². The molecule has 1 N–H and O–H groups in total. The molecule has 0 radical (unpaired) electrons. The number of benzene rings is 1. The van der Waals surface area contributed by atoms with E-state index in [1.165, 1.54) is 35.4 Å². The van der Waals surface area contributed by atoms with Gasteiger partial charge in [0.05, 0.1) is 11.9 Å². The van der Waals surface area contributed by atoms with Crippen LogP contribution in [0.3, 0.4) is 0 Å². The normalized spacial score (nSPS) is 17.8. The van der Waals surface area contributed by atoms with Gasteiger partial charge < -0.3 is 0 Å². The first-order chi connectivity index (χ1) is 10.3. The van der Waals surface area contributed by atoms with E-state index in [1.807, 2.05) is 30.3 Å². The van der Waals surface area contributed by atoms with Gasteiger partial charge in [0.2, 0.25) is 0 Å². The minimum absolute atomic E-state index is 0.133. The van der Waals surface area contributed by atoms with Crippen LogP contribution in [0.25, 0.3) is 0 Å². The fraction of sp³-hybridized carbons (Fsp3) is 0.143. The van der Waals surface area contributed by atoms with E-state index in [9.17, 15) is 9.59 Å². The zero-order valence-corrected chi connectivity index (χ0v) is 11.8. The summed E-state index contributed by atoms with van der Waals surface area (Å²) in [6.45, 7) is 0. The van der Waals surface area contributed by atoms with Crippen molar-refractivity contribution >= 4 is 23.6 Å². The number of nitrogens with one attached hydrogen (secondary N) is 1. The summed E-state index contributed by atoms with van der Waals surface area (Å²) in [5.41, 5.74) is 3.76. The molecule has 0 aliphatic carbocycles. The molecular weight excluding hydrogens is 288 g/mol. The summed E-state index contributed by atoms with van der Waals surface area (Å²) in [6, 6.07) is 9.58. The predicted octanol–water partition coefficient (Wildman–Crippen LogP) is 1.40. The molecule has 1 aromatic carbocycles. The smallest absolute Gasteiger partial charge is 0.272 e. The first kappa shape index (κ1) is 13.6. The number of hydrazine groups is 1. The number of carbonyl (C=O) groups excluding carboxylic acids is 2. The number of hydrogen-bond acceptors (Lipinski definition) is 5. The number of nitrogens with zero attached hydrogens (tertiary/aromatic N) is 3. The number of aromatic nitrogens is 2. The lowest BCUT2D eigenvalue weighted by Gasteiger charge is -2.24. The van der Waals surface area contributed by atoms with E-state index >= 15 is 0 Å². The molecule has 1 fully saturated rings. The first-order valence-electron chi connectivity index (χ1n) is 6.31. The van der Waals surface area contributed by atoms with Crippen molar-refractivity contribution in [1.82, 2.24) is 20.4 Å². The van der Waals surface area contributed by atoms with Crippen LogP contribution in [0.5, 0.6) is 0 Å². The Morgan fingerprint density at radius 1 is 1.29 bits per heavy atom. The molecule has 1 aliphatic heterocycles. The van der Waals surface area contributed by atoms with Gasteiger partial charge in [0.15, 0.2) is 0 Å². The van der Waals surface area contributed by atoms with E-state index in [0.717, 1.165) is 5.56 Å².